The highest BCUT2D eigenvalue weighted by atomic mass is 35.5. The number of amides is 1. The summed E-state index contributed by atoms with van der Waals surface area (Å²) in [5.41, 5.74) is 6.44. The Labute approximate surface area is 283 Å². The van der Waals surface area contributed by atoms with Crippen molar-refractivity contribution in [3.63, 3.8) is 0 Å². The number of benzene rings is 2. The normalized spacial score (nSPS) is 16.9. The molecule has 47 heavy (non-hydrogen) atoms. The van der Waals surface area contributed by atoms with Gasteiger partial charge < -0.3 is 20.1 Å². The molecule has 1 atom stereocenters. The van der Waals surface area contributed by atoms with Crippen LogP contribution in [0.15, 0.2) is 67.0 Å². The molecule has 1 amide bonds. The SMILES string of the molecule is COc1nc(-c2cccc(-c3cccc(-n4cc5cc(CN6CCOCC6)cnc5n4)c3Cl)c2Cl)ccc1CNC[C@@H]1CCC(=O)N1. The lowest BCUT2D eigenvalue weighted by Crippen LogP contribution is -2.35. The lowest BCUT2D eigenvalue weighted by Gasteiger charge is -2.26. The Kier molecular flexibility index (Phi) is 9.37. The Morgan fingerprint density at radius 3 is 2.62 bits per heavy atom. The highest BCUT2D eigenvalue weighted by molar-refractivity contribution is 6.39. The van der Waals surface area contributed by atoms with Crippen LogP contribution in [-0.4, -0.2) is 76.6 Å². The number of halogens is 2. The maximum Gasteiger partial charge on any atom is 0.220 e. The predicted octanol–water partition coefficient (Wildman–Crippen LogP) is 5.67. The number of pyridine rings is 2. The van der Waals surface area contributed by atoms with Crippen LogP contribution in [0.2, 0.25) is 10.0 Å². The van der Waals surface area contributed by atoms with Crippen molar-refractivity contribution in [2.45, 2.75) is 32.0 Å². The van der Waals surface area contributed by atoms with Gasteiger partial charge in [-0.2, -0.15) is 0 Å². The van der Waals surface area contributed by atoms with E-state index >= 15 is 0 Å². The fourth-order valence-corrected chi connectivity index (χ4v) is 6.81. The number of nitrogens with zero attached hydrogens (tertiary/aromatic N) is 5. The number of morpholine rings is 1. The standard InChI is InChI=1S/C35H35Cl2N7O3/c1-46-35-23(18-38-19-25-9-11-31(45)40-25)8-10-29(41-35)28-6-2-4-26(32(28)36)27-5-3-7-30(33(27)37)44-21-24-16-22(17-39-34(24)42-44)20-43-12-14-47-15-13-43/h2-8,10,16-17,21,25,38H,9,11-15,18-20H2,1H3,(H,40,45)/t25-/m0/s1. The maximum absolute atomic E-state index is 11.5. The number of hydrogen-bond acceptors (Lipinski definition) is 8. The van der Waals surface area contributed by atoms with Crippen LogP contribution in [0.5, 0.6) is 5.88 Å². The van der Waals surface area contributed by atoms with Crippen LogP contribution in [0.4, 0.5) is 0 Å². The van der Waals surface area contributed by atoms with Gasteiger partial charge in [0.1, 0.15) is 0 Å². The molecule has 5 aromatic rings. The fraction of sp³-hybridized carbons (Fsp3) is 0.314. The molecule has 7 rings (SSSR count). The third kappa shape index (κ3) is 6.83. The van der Waals surface area contributed by atoms with Gasteiger partial charge in [-0.15, -0.1) is 5.10 Å². The Balaban J connectivity index is 1.13. The molecule has 2 aromatic carbocycles. The van der Waals surface area contributed by atoms with Crippen molar-refractivity contribution >= 4 is 40.1 Å². The molecule has 0 spiro atoms. The zero-order valence-electron chi connectivity index (χ0n) is 26.0. The maximum atomic E-state index is 11.5. The molecule has 5 heterocycles. The van der Waals surface area contributed by atoms with Gasteiger partial charge in [0.05, 0.1) is 41.8 Å². The number of hydrogen-bond donors (Lipinski definition) is 2. The van der Waals surface area contributed by atoms with Crippen molar-refractivity contribution < 1.29 is 14.3 Å². The van der Waals surface area contributed by atoms with Gasteiger partial charge in [-0.1, -0.05) is 59.6 Å². The van der Waals surface area contributed by atoms with E-state index in [1.807, 2.05) is 60.9 Å². The molecule has 10 nitrogen and oxygen atoms in total. The minimum atomic E-state index is 0.105. The summed E-state index contributed by atoms with van der Waals surface area (Å²) in [6.07, 6.45) is 5.27. The quantitative estimate of drug-likeness (QED) is 0.196. The lowest BCUT2D eigenvalue weighted by molar-refractivity contribution is -0.119. The van der Waals surface area contributed by atoms with E-state index in [1.165, 1.54) is 0 Å². The Morgan fingerprint density at radius 1 is 1.04 bits per heavy atom. The van der Waals surface area contributed by atoms with E-state index < -0.39 is 0 Å². The van der Waals surface area contributed by atoms with E-state index in [2.05, 4.69) is 26.6 Å². The summed E-state index contributed by atoms with van der Waals surface area (Å²) in [7, 11) is 1.61. The first-order chi connectivity index (χ1) is 23.0. The number of carbonyl (C=O) groups excluding carboxylic acids is 1. The summed E-state index contributed by atoms with van der Waals surface area (Å²) in [5.74, 6) is 0.618. The number of rotatable bonds is 10. The largest absolute Gasteiger partial charge is 0.481 e. The van der Waals surface area contributed by atoms with E-state index in [9.17, 15) is 4.79 Å². The van der Waals surface area contributed by atoms with Crippen molar-refractivity contribution in [2.24, 2.45) is 0 Å². The molecule has 2 N–H and O–H groups in total. The van der Waals surface area contributed by atoms with Gasteiger partial charge in [0.15, 0.2) is 5.65 Å². The first-order valence-corrected chi connectivity index (χ1v) is 16.5. The van der Waals surface area contributed by atoms with Crippen LogP contribution in [0, 0.1) is 0 Å². The second kappa shape index (κ2) is 14.0. The first kappa shape index (κ1) is 31.5. The minimum absolute atomic E-state index is 0.105. The van der Waals surface area contributed by atoms with E-state index in [0.29, 0.717) is 46.8 Å². The van der Waals surface area contributed by atoms with Gasteiger partial charge >= 0.3 is 0 Å². The summed E-state index contributed by atoms with van der Waals surface area (Å²) in [5, 5.41) is 13.1. The van der Waals surface area contributed by atoms with Crippen molar-refractivity contribution in [2.75, 3.05) is 40.0 Å². The monoisotopic (exact) mass is 671 g/mol. The van der Waals surface area contributed by atoms with E-state index in [4.69, 9.17) is 42.8 Å². The summed E-state index contributed by atoms with van der Waals surface area (Å²) < 4.78 is 12.9. The fourth-order valence-electron chi connectivity index (χ4n) is 6.17. The van der Waals surface area contributed by atoms with Gasteiger partial charge in [0.25, 0.3) is 0 Å². The summed E-state index contributed by atoms with van der Waals surface area (Å²) in [4.78, 5) is 23.3. The molecular weight excluding hydrogens is 637 g/mol. The van der Waals surface area contributed by atoms with Gasteiger partial charge in [-0.05, 0) is 30.2 Å². The topological polar surface area (TPSA) is 106 Å². The smallest absolute Gasteiger partial charge is 0.220 e. The molecule has 0 unspecified atom stereocenters. The molecule has 12 heteroatoms. The molecule has 2 aliphatic rings. The molecule has 0 radical (unpaired) electrons. The number of ether oxygens (including phenoxy) is 2. The average molecular weight is 673 g/mol. The molecular formula is C35H35Cl2N7O3. The lowest BCUT2D eigenvalue weighted by atomic mass is 10.00. The van der Waals surface area contributed by atoms with Crippen molar-refractivity contribution in [1.29, 1.82) is 0 Å². The summed E-state index contributed by atoms with van der Waals surface area (Å²) >= 11 is 14.2. The average Bonchev–Trinajstić information content (AvgIpc) is 3.71. The molecule has 0 saturated carbocycles. The third-order valence-corrected chi connectivity index (χ3v) is 9.44. The van der Waals surface area contributed by atoms with Gasteiger partial charge in [-0.3, -0.25) is 9.69 Å². The highest BCUT2D eigenvalue weighted by Crippen LogP contribution is 2.41. The van der Waals surface area contributed by atoms with Crippen LogP contribution in [0.1, 0.15) is 24.0 Å². The first-order valence-electron chi connectivity index (χ1n) is 15.7. The van der Waals surface area contributed by atoms with Crippen molar-refractivity contribution in [3.05, 3.63) is 88.2 Å². The number of carbonyl (C=O) groups is 1. The molecule has 3 aromatic heterocycles. The van der Waals surface area contributed by atoms with Crippen LogP contribution < -0.4 is 15.4 Å². The van der Waals surface area contributed by atoms with Crippen LogP contribution in [-0.2, 0) is 22.6 Å². The number of methoxy groups -OCH3 is 1. The van der Waals surface area contributed by atoms with Crippen LogP contribution in [0.3, 0.4) is 0 Å². The predicted molar refractivity (Wildman–Crippen MR) is 183 cm³/mol. The minimum Gasteiger partial charge on any atom is -0.481 e. The number of fused-ring (bicyclic) bond motifs is 1. The van der Waals surface area contributed by atoms with Crippen LogP contribution in [0.25, 0.3) is 39.1 Å². The Hall–Kier alpha value is -4.06. The van der Waals surface area contributed by atoms with E-state index in [0.717, 1.165) is 78.2 Å². The molecule has 0 aliphatic carbocycles. The summed E-state index contributed by atoms with van der Waals surface area (Å²) in [6.45, 7) is 5.42. The van der Waals surface area contributed by atoms with E-state index in [-0.39, 0.29) is 11.9 Å². The Bertz CT molecular complexity index is 1930. The van der Waals surface area contributed by atoms with Gasteiger partial charge in [0, 0.05) is 85.2 Å². The zero-order valence-corrected chi connectivity index (χ0v) is 27.5. The number of aromatic nitrogens is 4. The second-order valence-electron chi connectivity index (χ2n) is 11.8. The third-order valence-electron chi connectivity index (χ3n) is 8.64. The molecule has 2 saturated heterocycles. The van der Waals surface area contributed by atoms with Crippen molar-refractivity contribution in [1.82, 2.24) is 35.3 Å². The van der Waals surface area contributed by atoms with Crippen LogP contribution >= 0.6 is 23.2 Å². The van der Waals surface area contributed by atoms with Crippen molar-refractivity contribution in [3.8, 4) is 34.0 Å². The van der Waals surface area contributed by atoms with Gasteiger partial charge in [0.2, 0.25) is 11.8 Å². The zero-order chi connectivity index (χ0) is 32.3. The molecule has 242 valence electrons. The second-order valence-corrected chi connectivity index (χ2v) is 12.6. The summed E-state index contributed by atoms with van der Waals surface area (Å²) in [6, 6.07) is 17.9. The molecule has 2 fully saturated rings. The molecule has 2 aliphatic heterocycles. The van der Waals surface area contributed by atoms with Gasteiger partial charge in [-0.25, -0.2) is 14.6 Å². The highest BCUT2D eigenvalue weighted by Gasteiger charge is 2.21. The van der Waals surface area contributed by atoms with E-state index in [1.54, 1.807) is 11.8 Å². The molecule has 0 bridgehead atoms. The Morgan fingerprint density at radius 2 is 1.83 bits per heavy atom. The number of nitrogens with one attached hydrogen (secondary N) is 2.